The summed E-state index contributed by atoms with van der Waals surface area (Å²) in [6.07, 6.45) is 1.90. The standard InChI is InChI=1S/C21H23FO4/c1-24-19-8-7-17(22)13-18(19)16-5-3-15(4-6-16)14-21(20(23)25-2)9-11-26-12-10-21/h3-8,13H,9-12,14H2,1-2H3. The van der Waals surface area contributed by atoms with Crippen molar-refractivity contribution in [3.63, 3.8) is 0 Å². The number of carbonyl (C=O) groups is 1. The van der Waals surface area contributed by atoms with Gasteiger partial charge < -0.3 is 14.2 Å². The minimum atomic E-state index is -0.537. The first kappa shape index (κ1) is 18.4. The lowest BCUT2D eigenvalue weighted by atomic mass is 9.75. The van der Waals surface area contributed by atoms with Crippen LogP contribution in [0.3, 0.4) is 0 Å². The molecular formula is C21H23FO4. The van der Waals surface area contributed by atoms with Gasteiger partial charge in [0.15, 0.2) is 0 Å². The number of carbonyl (C=O) groups excluding carboxylic acids is 1. The molecule has 0 aliphatic carbocycles. The molecule has 138 valence electrons. The summed E-state index contributed by atoms with van der Waals surface area (Å²) >= 11 is 0. The second kappa shape index (κ2) is 7.87. The summed E-state index contributed by atoms with van der Waals surface area (Å²) in [5.41, 5.74) is 2.07. The first-order valence-corrected chi connectivity index (χ1v) is 8.67. The zero-order valence-electron chi connectivity index (χ0n) is 15.1. The highest BCUT2D eigenvalue weighted by molar-refractivity contribution is 5.77. The summed E-state index contributed by atoms with van der Waals surface area (Å²) in [7, 11) is 3.00. The molecule has 0 N–H and O–H groups in total. The number of rotatable bonds is 5. The first-order chi connectivity index (χ1) is 12.6. The summed E-state index contributed by atoms with van der Waals surface area (Å²) in [5, 5.41) is 0. The number of hydrogen-bond donors (Lipinski definition) is 0. The number of methoxy groups -OCH3 is 2. The second-order valence-electron chi connectivity index (χ2n) is 6.60. The van der Waals surface area contributed by atoms with E-state index in [0.29, 0.717) is 43.8 Å². The van der Waals surface area contributed by atoms with Crippen molar-refractivity contribution in [3.8, 4) is 16.9 Å². The highest BCUT2D eigenvalue weighted by atomic mass is 19.1. The topological polar surface area (TPSA) is 44.8 Å². The number of ether oxygens (including phenoxy) is 3. The van der Waals surface area contributed by atoms with E-state index in [1.54, 1.807) is 13.2 Å². The second-order valence-corrected chi connectivity index (χ2v) is 6.60. The average molecular weight is 358 g/mol. The molecule has 1 heterocycles. The molecule has 0 saturated carbocycles. The Morgan fingerprint density at radius 1 is 1.12 bits per heavy atom. The maximum atomic E-state index is 13.6. The van der Waals surface area contributed by atoms with Crippen molar-refractivity contribution >= 4 is 5.97 Å². The Bertz CT molecular complexity index is 764. The van der Waals surface area contributed by atoms with E-state index in [4.69, 9.17) is 14.2 Å². The van der Waals surface area contributed by atoms with Gasteiger partial charge in [0, 0.05) is 18.8 Å². The van der Waals surface area contributed by atoms with Gasteiger partial charge in [-0.1, -0.05) is 24.3 Å². The van der Waals surface area contributed by atoms with Gasteiger partial charge in [0.2, 0.25) is 0 Å². The van der Waals surface area contributed by atoms with E-state index in [2.05, 4.69) is 0 Å². The van der Waals surface area contributed by atoms with Gasteiger partial charge in [-0.15, -0.1) is 0 Å². The molecule has 0 spiro atoms. The fraction of sp³-hybridized carbons (Fsp3) is 0.381. The summed E-state index contributed by atoms with van der Waals surface area (Å²) in [5.74, 6) is 0.128. The summed E-state index contributed by atoms with van der Waals surface area (Å²) in [4.78, 5) is 12.4. The largest absolute Gasteiger partial charge is 0.496 e. The van der Waals surface area contributed by atoms with Crippen molar-refractivity contribution in [2.45, 2.75) is 19.3 Å². The van der Waals surface area contributed by atoms with Crippen LogP contribution in [-0.2, 0) is 20.7 Å². The van der Waals surface area contributed by atoms with Crippen LogP contribution in [0.15, 0.2) is 42.5 Å². The Labute approximate surface area is 152 Å². The monoisotopic (exact) mass is 358 g/mol. The molecule has 0 amide bonds. The predicted molar refractivity (Wildman–Crippen MR) is 96.6 cm³/mol. The lowest BCUT2D eigenvalue weighted by molar-refractivity contribution is -0.158. The van der Waals surface area contributed by atoms with Crippen LogP contribution in [0.2, 0.25) is 0 Å². The van der Waals surface area contributed by atoms with Gasteiger partial charge >= 0.3 is 5.97 Å². The Kier molecular flexibility index (Phi) is 5.57. The molecule has 2 aromatic rings. The smallest absolute Gasteiger partial charge is 0.312 e. The lowest BCUT2D eigenvalue weighted by Crippen LogP contribution is -2.40. The molecule has 0 aromatic heterocycles. The minimum absolute atomic E-state index is 0.184. The van der Waals surface area contributed by atoms with Crippen molar-refractivity contribution in [1.82, 2.24) is 0 Å². The Hall–Kier alpha value is -2.40. The molecule has 1 aliphatic rings. The maximum Gasteiger partial charge on any atom is 0.312 e. The van der Waals surface area contributed by atoms with Gasteiger partial charge in [0.1, 0.15) is 11.6 Å². The van der Waals surface area contributed by atoms with E-state index < -0.39 is 5.41 Å². The molecule has 2 aromatic carbocycles. The van der Waals surface area contributed by atoms with Crippen LogP contribution < -0.4 is 4.74 Å². The first-order valence-electron chi connectivity index (χ1n) is 8.67. The van der Waals surface area contributed by atoms with E-state index in [0.717, 1.165) is 11.1 Å². The van der Waals surface area contributed by atoms with Crippen LogP contribution in [-0.4, -0.2) is 33.4 Å². The number of benzene rings is 2. The van der Waals surface area contributed by atoms with Crippen molar-refractivity contribution in [2.75, 3.05) is 27.4 Å². The fourth-order valence-electron chi connectivity index (χ4n) is 3.53. The molecule has 4 nitrogen and oxygen atoms in total. The quantitative estimate of drug-likeness (QED) is 0.758. The lowest BCUT2D eigenvalue weighted by Gasteiger charge is -2.34. The zero-order chi connectivity index (χ0) is 18.6. The molecule has 0 atom stereocenters. The van der Waals surface area contributed by atoms with E-state index in [1.165, 1.54) is 19.2 Å². The van der Waals surface area contributed by atoms with Crippen LogP contribution in [0.1, 0.15) is 18.4 Å². The molecule has 0 bridgehead atoms. The van der Waals surface area contributed by atoms with Crippen LogP contribution in [0, 0.1) is 11.2 Å². The van der Waals surface area contributed by atoms with Gasteiger partial charge in [-0.05, 0) is 48.6 Å². The van der Waals surface area contributed by atoms with Crippen LogP contribution in [0.5, 0.6) is 5.75 Å². The Balaban J connectivity index is 1.85. The number of hydrogen-bond acceptors (Lipinski definition) is 4. The molecule has 1 aliphatic heterocycles. The molecule has 3 rings (SSSR count). The molecule has 1 fully saturated rings. The molecular weight excluding hydrogens is 335 g/mol. The van der Waals surface area contributed by atoms with Gasteiger partial charge in [-0.25, -0.2) is 4.39 Å². The summed E-state index contributed by atoms with van der Waals surface area (Å²) in [6, 6.07) is 12.3. The van der Waals surface area contributed by atoms with Crippen molar-refractivity contribution < 1.29 is 23.4 Å². The van der Waals surface area contributed by atoms with Gasteiger partial charge in [-0.2, -0.15) is 0 Å². The maximum absolute atomic E-state index is 13.6. The summed E-state index contributed by atoms with van der Waals surface area (Å²) in [6.45, 7) is 1.13. The zero-order valence-corrected chi connectivity index (χ0v) is 15.1. The SMILES string of the molecule is COC(=O)C1(Cc2ccc(-c3cc(F)ccc3OC)cc2)CCOCC1. The third-order valence-electron chi connectivity index (χ3n) is 5.04. The van der Waals surface area contributed by atoms with Gasteiger partial charge in [-0.3, -0.25) is 4.79 Å². The van der Waals surface area contributed by atoms with E-state index in [-0.39, 0.29) is 11.8 Å². The highest BCUT2D eigenvalue weighted by Crippen LogP contribution is 2.37. The fourth-order valence-corrected chi connectivity index (χ4v) is 3.53. The van der Waals surface area contributed by atoms with E-state index >= 15 is 0 Å². The van der Waals surface area contributed by atoms with Gasteiger partial charge in [0.25, 0.3) is 0 Å². The van der Waals surface area contributed by atoms with Crippen molar-refractivity contribution in [2.24, 2.45) is 5.41 Å². The van der Waals surface area contributed by atoms with Crippen LogP contribution in [0.25, 0.3) is 11.1 Å². The van der Waals surface area contributed by atoms with Crippen molar-refractivity contribution in [3.05, 3.63) is 53.8 Å². The van der Waals surface area contributed by atoms with E-state index in [1.807, 2.05) is 24.3 Å². The van der Waals surface area contributed by atoms with Crippen LogP contribution >= 0.6 is 0 Å². The third-order valence-corrected chi connectivity index (χ3v) is 5.04. The van der Waals surface area contributed by atoms with E-state index in [9.17, 15) is 9.18 Å². The molecule has 0 unspecified atom stereocenters. The molecule has 26 heavy (non-hydrogen) atoms. The summed E-state index contributed by atoms with van der Waals surface area (Å²) < 4.78 is 29.4. The Morgan fingerprint density at radius 3 is 2.42 bits per heavy atom. The van der Waals surface area contributed by atoms with Crippen molar-refractivity contribution in [1.29, 1.82) is 0 Å². The molecule has 5 heteroatoms. The molecule has 1 saturated heterocycles. The average Bonchev–Trinajstić information content (AvgIpc) is 2.68. The molecule has 0 radical (unpaired) electrons. The number of esters is 1. The van der Waals surface area contributed by atoms with Crippen LogP contribution in [0.4, 0.5) is 4.39 Å². The minimum Gasteiger partial charge on any atom is -0.496 e. The number of halogens is 1. The normalized spacial score (nSPS) is 16.1. The Morgan fingerprint density at radius 2 is 1.81 bits per heavy atom. The van der Waals surface area contributed by atoms with Gasteiger partial charge in [0.05, 0.1) is 19.6 Å². The third kappa shape index (κ3) is 3.73. The predicted octanol–water partition coefficient (Wildman–Crippen LogP) is 4.01. The highest BCUT2D eigenvalue weighted by Gasteiger charge is 2.41.